The predicted molar refractivity (Wildman–Crippen MR) is 158 cm³/mol. The van der Waals surface area contributed by atoms with Crippen molar-refractivity contribution in [3.05, 3.63) is 82.6 Å². The Hall–Kier alpha value is -3.30. The largest absolute Gasteiger partial charge is 0.497 e. The van der Waals surface area contributed by atoms with E-state index >= 15 is 0 Å². The van der Waals surface area contributed by atoms with E-state index in [4.69, 9.17) is 9.47 Å². The number of nitrogens with one attached hydrogen (secondary N) is 1. The molecular weight excluding hydrogens is 560 g/mol. The summed E-state index contributed by atoms with van der Waals surface area (Å²) in [4.78, 5) is 30.2. The van der Waals surface area contributed by atoms with Gasteiger partial charge in [0, 0.05) is 55.4 Å². The fourth-order valence-electron chi connectivity index (χ4n) is 4.16. The molecule has 3 aromatic rings. The molecule has 0 radical (unpaired) electrons. The molecule has 3 rings (SSSR count). The topological polar surface area (TPSA) is 76.0 Å². The standard InChI is InChI=1S/C30H39BrN4O4/c1-4-5-17-34(22-27-8-6-18-33(27)21-24-9-11-25(31)12-10-24)29(36)23-35(19-7-20-38-2)30(37)32-26-13-15-28(39-3)16-14-26/h6,8-16,18H,4-5,7,17,19-23H2,1-3H3,(H,32,37). The molecule has 1 N–H and O–H groups in total. The Morgan fingerprint density at radius 1 is 0.949 bits per heavy atom. The first-order valence-corrected chi connectivity index (χ1v) is 14.1. The molecule has 0 fully saturated rings. The smallest absolute Gasteiger partial charge is 0.322 e. The zero-order valence-corrected chi connectivity index (χ0v) is 24.7. The van der Waals surface area contributed by atoms with Crippen molar-refractivity contribution in [2.75, 3.05) is 45.8 Å². The average Bonchev–Trinajstić information content (AvgIpc) is 3.38. The number of anilines is 1. The lowest BCUT2D eigenvalue weighted by Gasteiger charge is -2.28. The predicted octanol–water partition coefficient (Wildman–Crippen LogP) is 6.01. The first-order valence-electron chi connectivity index (χ1n) is 13.3. The van der Waals surface area contributed by atoms with Gasteiger partial charge in [-0.2, -0.15) is 0 Å². The Kier molecular flexibility index (Phi) is 12.4. The van der Waals surface area contributed by atoms with Crippen molar-refractivity contribution in [2.45, 2.75) is 39.3 Å². The Morgan fingerprint density at radius 3 is 2.33 bits per heavy atom. The number of amides is 3. The molecule has 0 bridgehead atoms. The van der Waals surface area contributed by atoms with Crippen LogP contribution in [-0.4, -0.2) is 66.8 Å². The van der Waals surface area contributed by atoms with Gasteiger partial charge in [-0.3, -0.25) is 4.79 Å². The van der Waals surface area contributed by atoms with Crippen LogP contribution < -0.4 is 10.1 Å². The van der Waals surface area contributed by atoms with Crippen molar-refractivity contribution in [1.29, 1.82) is 0 Å². The minimum absolute atomic E-state index is 0.0111. The number of aromatic nitrogens is 1. The van der Waals surface area contributed by atoms with Gasteiger partial charge < -0.3 is 29.2 Å². The summed E-state index contributed by atoms with van der Waals surface area (Å²) in [6.07, 6.45) is 4.53. The maximum Gasteiger partial charge on any atom is 0.322 e. The van der Waals surface area contributed by atoms with E-state index in [-0.39, 0.29) is 18.5 Å². The van der Waals surface area contributed by atoms with Gasteiger partial charge in [0.15, 0.2) is 0 Å². The number of carbonyl (C=O) groups excluding carboxylic acids is 2. The molecule has 0 saturated heterocycles. The third-order valence-electron chi connectivity index (χ3n) is 6.41. The van der Waals surface area contributed by atoms with Gasteiger partial charge >= 0.3 is 6.03 Å². The number of urea groups is 1. The number of halogens is 1. The van der Waals surface area contributed by atoms with Crippen LogP contribution in [-0.2, 0) is 22.6 Å². The number of hydrogen-bond donors (Lipinski definition) is 1. The monoisotopic (exact) mass is 598 g/mol. The summed E-state index contributed by atoms with van der Waals surface area (Å²) in [7, 11) is 3.22. The number of benzene rings is 2. The summed E-state index contributed by atoms with van der Waals surface area (Å²) in [5.74, 6) is 0.624. The van der Waals surface area contributed by atoms with E-state index in [1.54, 1.807) is 43.4 Å². The number of nitrogens with zero attached hydrogens (tertiary/aromatic N) is 3. The molecule has 9 heteroatoms. The molecule has 8 nitrogen and oxygen atoms in total. The highest BCUT2D eigenvalue weighted by molar-refractivity contribution is 9.10. The van der Waals surface area contributed by atoms with Crippen LogP contribution in [0.15, 0.2) is 71.3 Å². The second-order valence-corrected chi connectivity index (χ2v) is 10.3. The highest BCUT2D eigenvalue weighted by Crippen LogP contribution is 2.17. The Bertz CT molecular complexity index is 1160. The highest BCUT2D eigenvalue weighted by atomic mass is 79.9. The molecule has 1 heterocycles. The van der Waals surface area contributed by atoms with E-state index in [1.807, 2.05) is 29.3 Å². The van der Waals surface area contributed by atoms with E-state index in [2.05, 4.69) is 50.9 Å². The van der Waals surface area contributed by atoms with Gasteiger partial charge in [-0.1, -0.05) is 41.4 Å². The maximum absolute atomic E-state index is 13.6. The van der Waals surface area contributed by atoms with Crippen LogP contribution in [0.25, 0.3) is 0 Å². The lowest BCUT2D eigenvalue weighted by molar-refractivity contribution is -0.132. The molecule has 0 aliphatic rings. The molecular formula is C30H39BrN4O4. The van der Waals surface area contributed by atoms with E-state index in [9.17, 15) is 9.59 Å². The minimum atomic E-state index is -0.321. The molecule has 210 valence electrons. The number of rotatable bonds is 15. The van der Waals surface area contributed by atoms with E-state index in [0.717, 1.165) is 29.6 Å². The van der Waals surface area contributed by atoms with Crippen molar-refractivity contribution in [3.8, 4) is 5.75 Å². The third-order valence-corrected chi connectivity index (χ3v) is 6.94. The van der Waals surface area contributed by atoms with Crippen LogP contribution in [0.2, 0.25) is 0 Å². The van der Waals surface area contributed by atoms with Gasteiger partial charge in [0.2, 0.25) is 5.91 Å². The zero-order chi connectivity index (χ0) is 28.0. The maximum atomic E-state index is 13.6. The number of methoxy groups -OCH3 is 2. The van der Waals surface area contributed by atoms with Crippen LogP contribution in [0.3, 0.4) is 0 Å². The van der Waals surface area contributed by atoms with Crippen molar-refractivity contribution in [2.24, 2.45) is 0 Å². The molecule has 3 amide bonds. The molecule has 0 saturated carbocycles. The van der Waals surface area contributed by atoms with Crippen molar-refractivity contribution in [3.63, 3.8) is 0 Å². The summed E-state index contributed by atoms with van der Waals surface area (Å²) < 4.78 is 13.6. The van der Waals surface area contributed by atoms with Crippen molar-refractivity contribution in [1.82, 2.24) is 14.4 Å². The lowest BCUT2D eigenvalue weighted by atomic mass is 10.2. The van der Waals surface area contributed by atoms with Gasteiger partial charge in [0.1, 0.15) is 12.3 Å². The second-order valence-electron chi connectivity index (χ2n) is 9.35. The molecule has 1 aromatic heterocycles. The Morgan fingerprint density at radius 2 is 1.67 bits per heavy atom. The van der Waals surface area contributed by atoms with Crippen LogP contribution >= 0.6 is 15.9 Å². The highest BCUT2D eigenvalue weighted by Gasteiger charge is 2.22. The molecule has 0 aliphatic heterocycles. The molecule has 2 aromatic carbocycles. The van der Waals surface area contributed by atoms with E-state index in [0.29, 0.717) is 44.1 Å². The fraction of sp³-hybridized carbons (Fsp3) is 0.400. The van der Waals surface area contributed by atoms with E-state index < -0.39 is 0 Å². The average molecular weight is 600 g/mol. The lowest BCUT2D eigenvalue weighted by Crippen LogP contribution is -2.45. The Labute approximate surface area is 240 Å². The van der Waals surface area contributed by atoms with Gasteiger partial charge in [-0.25, -0.2) is 4.79 Å². The summed E-state index contributed by atoms with van der Waals surface area (Å²) >= 11 is 3.49. The molecule has 0 atom stereocenters. The van der Waals surface area contributed by atoms with Crippen LogP contribution in [0, 0.1) is 0 Å². The number of ether oxygens (including phenoxy) is 2. The number of hydrogen-bond acceptors (Lipinski definition) is 4. The van der Waals surface area contributed by atoms with Gasteiger partial charge in [0.25, 0.3) is 0 Å². The molecule has 0 spiro atoms. The summed E-state index contributed by atoms with van der Waals surface area (Å²) in [6, 6.07) is 19.1. The van der Waals surface area contributed by atoms with Gasteiger partial charge in [0.05, 0.1) is 13.7 Å². The first kappa shape index (κ1) is 30.2. The van der Waals surface area contributed by atoms with Crippen molar-refractivity contribution >= 4 is 33.6 Å². The van der Waals surface area contributed by atoms with E-state index in [1.165, 1.54) is 5.56 Å². The number of carbonyl (C=O) groups is 2. The summed E-state index contributed by atoms with van der Waals surface area (Å²) in [6.45, 7) is 4.84. The second kappa shape index (κ2) is 16.0. The molecule has 0 unspecified atom stereocenters. The molecule has 39 heavy (non-hydrogen) atoms. The SMILES string of the molecule is CCCCN(Cc1cccn1Cc1ccc(Br)cc1)C(=O)CN(CCCOC)C(=O)Nc1ccc(OC)cc1. The summed E-state index contributed by atoms with van der Waals surface area (Å²) in [5, 5.41) is 2.91. The molecule has 0 aliphatic carbocycles. The van der Waals surface area contributed by atoms with Crippen LogP contribution in [0.1, 0.15) is 37.4 Å². The first-order chi connectivity index (χ1) is 18.9. The third kappa shape index (κ3) is 9.75. The van der Waals surface area contributed by atoms with Crippen molar-refractivity contribution < 1.29 is 19.1 Å². The van der Waals surface area contributed by atoms with Crippen LogP contribution in [0.5, 0.6) is 5.75 Å². The zero-order valence-electron chi connectivity index (χ0n) is 23.1. The summed E-state index contributed by atoms with van der Waals surface area (Å²) in [5.41, 5.74) is 2.87. The van der Waals surface area contributed by atoms with Gasteiger partial charge in [-0.15, -0.1) is 0 Å². The normalized spacial score (nSPS) is 10.8. The number of unbranched alkanes of at least 4 members (excludes halogenated alkanes) is 1. The fourth-order valence-corrected chi connectivity index (χ4v) is 4.43. The minimum Gasteiger partial charge on any atom is -0.497 e. The quantitative estimate of drug-likeness (QED) is 0.217. The Balaban J connectivity index is 1.71. The van der Waals surface area contributed by atoms with Gasteiger partial charge in [-0.05, 0) is 66.9 Å². The van der Waals surface area contributed by atoms with Crippen LogP contribution in [0.4, 0.5) is 10.5 Å².